The van der Waals surface area contributed by atoms with Crippen LogP contribution in [0.15, 0.2) is 58.8 Å². The predicted molar refractivity (Wildman–Crippen MR) is 126 cm³/mol. The van der Waals surface area contributed by atoms with E-state index in [-0.39, 0.29) is 5.91 Å². The van der Waals surface area contributed by atoms with E-state index in [1.54, 1.807) is 11.8 Å². The molecule has 2 aromatic carbocycles. The normalized spacial score (nSPS) is 17.4. The molecule has 2 saturated heterocycles. The Morgan fingerprint density at radius 1 is 1.00 bits per heavy atom. The second-order valence-corrected chi connectivity index (χ2v) is 9.20. The first kappa shape index (κ1) is 21.9. The summed E-state index contributed by atoms with van der Waals surface area (Å²) < 4.78 is 5.48. The molecule has 0 bridgehead atoms. The van der Waals surface area contributed by atoms with Crippen molar-refractivity contribution in [2.75, 3.05) is 39.4 Å². The number of aryl methyl sites for hydroxylation is 1. The summed E-state index contributed by atoms with van der Waals surface area (Å²) in [4.78, 5) is 17.3. The number of hydrogen-bond acceptors (Lipinski definition) is 5. The molecule has 0 unspecified atom stereocenters. The first-order valence-corrected chi connectivity index (χ1v) is 11.9. The Labute approximate surface area is 189 Å². The minimum Gasteiger partial charge on any atom is -0.378 e. The number of morpholine rings is 1. The van der Waals surface area contributed by atoms with Crippen LogP contribution in [-0.4, -0.2) is 55.2 Å². The Morgan fingerprint density at radius 3 is 2.48 bits per heavy atom. The first-order valence-electron chi connectivity index (χ1n) is 11.1. The van der Waals surface area contributed by atoms with E-state index in [4.69, 9.17) is 4.74 Å². The fourth-order valence-corrected chi connectivity index (χ4v) is 5.07. The molecular weight excluding hydrogens is 406 g/mol. The zero-order chi connectivity index (χ0) is 21.6. The molecule has 1 N–H and O–H groups in total. The van der Waals surface area contributed by atoms with Gasteiger partial charge in [0.2, 0.25) is 0 Å². The molecule has 2 aromatic rings. The molecule has 5 nitrogen and oxygen atoms in total. The van der Waals surface area contributed by atoms with Crippen molar-refractivity contribution in [3.8, 4) is 0 Å². The van der Waals surface area contributed by atoms with Crippen LogP contribution in [0, 0.1) is 6.92 Å². The molecule has 0 radical (unpaired) electrons. The topological polar surface area (TPSA) is 44.8 Å². The zero-order valence-electron chi connectivity index (χ0n) is 18.2. The first-order chi connectivity index (χ1) is 15.1. The standard InChI is InChI=1S/C25H31N3O2S/c1-19-18-21(25(29)26-28-12-6-3-7-13-28)10-11-23(19)31-24-9-5-4-8-22(24)20(2)27-14-16-30-17-15-27/h4-5,8-11,18H,2-3,6-7,12-17H2,1H3,(H,26,29). The van der Waals surface area contributed by atoms with Crippen molar-refractivity contribution in [1.29, 1.82) is 0 Å². The molecule has 6 heteroatoms. The maximum Gasteiger partial charge on any atom is 0.265 e. The second-order valence-electron chi connectivity index (χ2n) is 8.11. The van der Waals surface area contributed by atoms with Gasteiger partial charge in [0.05, 0.1) is 13.2 Å². The predicted octanol–water partition coefficient (Wildman–Crippen LogP) is 4.58. The largest absolute Gasteiger partial charge is 0.378 e. The summed E-state index contributed by atoms with van der Waals surface area (Å²) in [6.07, 6.45) is 3.53. The highest BCUT2D eigenvalue weighted by Gasteiger charge is 2.18. The Bertz CT molecular complexity index is 934. The van der Waals surface area contributed by atoms with Crippen molar-refractivity contribution in [2.45, 2.75) is 36.0 Å². The van der Waals surface area contributed by atoms with E-state index >= 15 is 0 Å². The van der Waals surface area contributed by atoms with Gasteiger partial charge in [-0.05, 0) is 49.6 Å². The molecule has 2 aliphatic rings. The van der Waals surface area contributed by atoms with E-state index in [2.05, 4.69) is 54.2 Å². The third-order valence-corrected chi connectivity index (χ3v) is 7.12. The number of hydrogen-bond donors (Lipinski definition) is 1. The average molecular weight is 438 g/mol. The summed E-state index contributed by atoms with van der Waals surface area (Å²) >= 11 is 1.73. The Kier molecular flexibility index (Phi) is 7.33. The lowest BCUT2D eigenvalue weighted by Crippen LogP contribution is -2.45. The number of piperidine rings is 1. The van der Waals surface area contributed by atoms with Crippen molar-refractivity contribution < 1.29 is 9.53 Å². The zero-order valence-corrected chi connectivity index (χ0v) is 19.0. The van der Waals surface area contributed by atoms with Gasteiger partial charge < -0.3 is 9.64 Å². The molecule has 2 aliphatic heterocycles. The minimum absolute atomic E-state index is 0.0253. The smallest absolute Gasteiger partial charge is 0.265 e. The van der Waals surface area contributed by atoms with Crippen LogP contribution < -0.4 is 5.43 Å². The molecule has 1 amide bonds. The minimum atomic E-state index is -0.0253. The third-order valence-electron chi connectivity index (χ3n) is 5.86. The van der Waals surface area contributed by atoms with Crippen molar-refractivity contribution in [1.82, 2.24) is 15.3 Å². The van der Waals surface area contributed by atoms with E-state index in [1.165, 1.54) is 11.3 Å². The highest BCUT2D eigenvalue weighted by atomic mass is 32.2. The summed E-state index contributed by atoms with van der Waals surface area (Å²) in [5.74, 6) is -0.0253. The van der Waals surface area contributed by atoms with Crippen molar-refractivity contribution >= 4 is 23.4 Å². The van der Waals surface area contributed by atoms with Crippen LogP contribution in [0.2, 0.25) is 0 Å². The van der Waals surface area contributed by atoms with E-state index in [9.17, 15) is 4.79 Å². The second kappa shape index (κ2) is 10.4. The van der Waals surface area contributed by atoms with Crippen molar-refractivity contribution in [3.63, 3.8) is 0 Å². The fourth-order valence-electron chi connectivity index (χ4n) is 4.04. The highest BCUT2D eigenvalue weighted by Crippen LogP contribution is 2.36. The van der Waals surface area contributed by atoms with Gasteiger partial charge in [-0.1, -0.05) is 43.0 Å². The quantitative estimate of drug-likeness (QED) is 0.717. The Morgan fingerprint density at radius 2 is 1.74 bits per heavy atom. The molecule has 0 saturated carbocycles. The SMILES string of the molecule is C=C(c1ccccc1Sc1ccc(C(=O)NN2CCCCC2)cc1C)N1CCOCC1. The number of ether oxygens (including phenoxy) is 1. The summed E-state index contributed by atoms with van der Waals surface area (Å²) in [5.41, 5.74) is 7.06. The number of carbonyl (C=O) groups is 1. The molecule has 164 valence electrons. The number of benzene rings is 2. The summed E-state index contributed by atoms with van der Waals surface area (Å²) in [6.45, 7) is 11.5. The van der Waals surface area contributed by atoms with Crippen molar-refractivity contribution in [2.24, 2.45) is 0 Å². The highest BCUT2D eigenvalue weighted by molar-refractivity contribution is 7.99. The van der Waals surface area contributed by atoms with Crippen LogP contribution in [0.3, 0.4) is 0 Å². The van der Waals surface area contributed by atoms with Crippen LogP contribution in [-0.2, 0) is 4.74 Å². The maximum absolute atomic E-state index is 12.7. The van der Waals surface area contributed by atoms with Crippen LogP contribution >= 0.6 is 11.8 Å². The molecule has 0 atom stereocenters. The van der Waals surface area contributed by atoms with E-state index in [1.807, 2.05) is 17.1 Å². The van der Waals surface area contributed by atoms with Crippen LogP contribution in [0.4, 0.5) is 0 Å². The van der Waals surface area contributed by atoms with Gasteiger partial charge in [0.1, 0.15) is 0 Å². The van der Waals surface area contributed by atoms with Gasteiger partial charge >= 0.3 is 0 Å². The third kappa shape index (κ3) is 5.50. The van der Waals surface area contributed by atoms with Crippen molar-refractivity contribution in [3.05, 3.63) is 65.7 Å². The lowest BCUT2D eigenvalue weighted by molar-refractivity contribution is 0.0640. The van der Waals surface area contributed by atoms with Gasteiger partial charge in [0.25, 0.3) is 5.91 Å². The number of rotatable bonds is 6. The molecule has 4 rings (SSSR count). The monoisotopic (exact) mass is 437 g/mol. The maximum atomic E-state index is 12.7. The number of carbonyl (C=O) groups excluding carboxylic acids is 1. The van der Waals surface area contributed by atoms with Gasteiger partial charge in [-0.3, -0.25) is 10.2 Å². The number of nitrogens with zero attached hydrogens (tertiary/aromatic N) is 2. The van der Waals surface area contributed by atoms with Gasteiger partial charge in [-0.2, -0.15) is 0 Å². The van der Waals surface area contributed by atoms with Crippen LogP contribution in [0.25, 0.3) is 5.70 Å². The number of amides is 1. The molecular formula is C25H31N3O2S. The Balaban J connectivity index is 1.47. The summed E-state index contributed by atoms with van der Waals surface area (Å²) in [7, 11) is 0. The van der Waals surface area contributed by atoms with Gasteiger partial charge in [0, 0.05) is 52.8 Å². The summed E-state index contributed by atoms with van der Waals surface area (Å²) in [5, 5.41) is 2.04. The summed E-state index contributed by atoms with van der Waals surface area (Å²) in [6, 6.07) is 14.4. The fraction of sp³-hybridized carbons (Fsp3) is 0.400. The van der Waals surface area contributed by atoms with Crippen LogP contribution in [0.5, 0.6) is 0 Å². The molecule has 0 spiro atoms. The molecule has 0 aliphatic carbocycles. The molecule has 2 heterocycles. The van der Waals surface area contributed by atoms with E-state index < -0.39 is 0 Å². The molecule has 31 heavy (non-hydrogen) atoms. The molecule has 2 fully saturated rings. The van der Waals surface area contributed by atoms with E-state index in [0.717, 1.165) is 74.0 Å². The lowest BCUT2D eigenvalue weighted by Gasteiger charge is -2.31. The van der Waals surface area contributed by atoms with Crippen LogP contribution in [0.1, 0.15) is 40.7 Å². The van der Waals surface area contributed by atoms with Gasteiger partial charge in [-0.25, -0.2) is 5.01 Å². The number of hydrazine groups is 1. The molecule has 0 aromatic heterocycles. The average Bonchev–Trinajstić information content (AvgIpc) is 2.81. The Hall–Kier alpha value is -2.28. The van der Waals surface area contributed by atoms with Gasteiger partial charge in [-0.15, -0.1) is 0 Å². The number of nitrogens with one attached hydrogen (secondary N) is 1. The van der Waals surface area contributed by atoms with E-state index in [0.29, 0.717) is 5.56 Å². The van der Waals surface area contributed by atoms with Gasteiger partial charge in [0.15, 0.2) is 0 Å². The lowest BCUT2D eigenvalue weighted by atomic mass is 10.1.